The number of rotatable bonds is 1. The van der Waals surface area contributed by atoms with Gasteiger partial charge in [-0.25, -0.2) is 0 Å². The maximum atomic E-state index is 4.99. The fourth-order valence-corrected chi connectivity index (χ4v) is 1.29. The topological polar surface area (TPSA) is 0 Å². The zero-order valence-corrected chi connectivity index (χ0v) is 7.48. The summed E-state index contributed by atoms with van der Waals surface area (Å²) in [5, 5.41) is 1.55. The third-order valence-corrected chi connectivity index (χ3v) is 2.32. The lowest BCUT2D eigenvalue weighted by Crippen LogP contribution is -2.12. The van der Waals surface area contributed by atoms with E-state index >= 15 is 0 Å². The highest BCUT2D eigenvalue weighted by Crippen LogP contribution is 2.06. The molecule has 1 aliphatic carbocycles. The molecule has 10 heavy (non-hydrogen) atoms. The number of hydrogen-bond acceptors (Lipinski definition) is 3. The Kier molecular flexibility index (Phi) is 2.54. The Balaban J connectivity index is 3.03. The van der Waals surface area contributed by atoms with E-state index < -0.39 is 0 Å². The monoisotopic (exact) mass is 184 g/mol. The van der Waals surface area contributed by atoms with Crippen molar-refractivity contribution in [3.05, 3.63) is 23.8 Å². The van der Waals surface area contributed by atoms with Crippen molar-refractivity contribution in [2.45, 2.75) is 0 Å². The van der Waals surface area contributed by atoms with Crippen LogP contribution < -0.4 is 0 Å². The van der Waals surface area contributed by atoms with Crippen molar-refractivity contribution in [2.75, 3.05) is 0 Å². The van der Waals surface area contributed by atoms with Crippen LogP contribution in [0.5, 0.6) is 0 Å². The molecule has 3 heteroatoms. The second-order valence-electron chi connectivity index (χ2n) is 1.79. The third kappa shape index (κ3) is 1.42. The van der Waals surface area contributed by atoms with Crippen molar-refractivity contribution >= 4 is 51.8 Å². The second kappa shape index (κ2) is 3.23. The van der Waals surface area contributed by atoms with Gasteiger partial charge in [-0.3, -0.25) is 0 Å². The van der Waals surface area contributed by atoms with Gasteiger partial charge in [-0.15, -0.1) is 0 Å². The summed E-state index contributed by atoms with van der Waals surface area (Å²) in [6.07, 6.45) is 5.53. The van der Waals surface area contributed by atoms with Gasteiger partial charge in [0.25, 0.3) is 0 Å². The molecule has 0 bridgehead atoms. The summed E-state index contributed by atoms with van der Waals surface area (Å²) in [6.45, 7) is 0. The van der Waals surface area contributed by atoms with Crippen molar-refractivity contribution in [1.82, 2.24) is 0 Å². The predicted molar refractivity (Wildman–Crippen MR) is 56.1 cm³/mol. The zero-order chi connectivity index (χ0) is 7.56. The maximum absolute atomic E-state index is 4.99. The van der Waals surface area contributed by atoms with Crippen molar-refractivity contribution in [2.24, 2.45) is 0 Å². The molecule has 50 valence electrons. The normalized spacial score (nSPS) is 17.0. The fraction of sp³-hybridized carbons (Fsp3) is 0. The van der Waals surface area contributed by atoms with E-state index in [2.05, 4.69) is 0 Å². The van der Waals surface area contributed by atoms with Crippen molar-refractivity contribution in [3.63, 3.8) is 0 Å². The minimum Gasteiger partial charge on any atom is -0.0880 e. The molecule has 0 heterocycles. The van der Waals surface area contributed by atoms with E-state index in [1.807, 2.05) is 12.2 Å². The Bertz CT molecular complexity index is 258. The van der Waals surface area contributed by atoms with E-state index in [1.54, 1.807) is 11.4 Å². The quantitative estimate of drug-likeness (QED) is 0.574. The van der Waals surface area contributed by atoms with Gasteiger partial charge in [-0.05, 0) is 6.08 Å². The molecule has 0 aromatic heterocycles. The van der Waals surface area contributed by atoms with Crippen LogP contribution in [0.3, 0.4) is 0 Å². The van der Waals surface area contributed by atoms with Crippen LogP contribution in [0.4, 0.5) is 0 Å². The molecular formula is C7H4S3. The summed E-state index contributed by atoms with van der Waals surface area (Å²) >= 11 is 14.7. The van der Waals surface area contributed by atoms with E-state index in [1.165, 1.54) is 0 Å². The summed E-state index contributed by atoms with van der Waals surface area (Å²) in [4.78, 5) is 1.39. The van der Waals surface area contributed by atoms with Crippen molar-refractivity contribution < 1.29 is 0 Å². The number of allylic oxidation sites excluding steroid dienone is 4. The fourth-order valence-electron chi connectivity index (χ4n) is 0.626. The smallest absolute Gasteiger partial charge is 0.0638 e. The Morgan fingerprint density at radius 1 is 1.30 bits per heavy atom. The predicted octanol–water partition coefficient (Wildman–Crippen LogP) is 2.22. The molecule has 1 rings (SSSR count). The average Bonchev–Trinajstić information content (AvgIpc) is 1.95. The Morgan fingerprint density at radius 2 is 2.00 bits per heavy atom. The summed E-state index contributed by atoms with van der Waals surface area (Å²) in [5.74, 6) is 0. The molecule has 1 aliphatic rings. The van der Waals surface area contributed by atoms with Crippen LogP contribution in [0.15, 0.2) is 23.8 Å². The van der Waals surface area contributed by atoms with E-state index in [0.717, 1.165) is 5.57 Å². The zero-order valence-electron chi connectivity index (χ0n) is 5.03. The lowest BCUT2D eigenvalue weighted by molar-refractivity contribution is 1.94. The maximum Gasteiger partial charge on any atom is 0.0638 e. The lowest BCUT2D eigenvalue weighted by Gasteiger charge is -2.04. The highest BCUT2D eigenvalue weighted by atomic mass is 32.1. The second-order valence-corrected chi connectivity index (χ2v) is 2.88. The van der Waals surface area contributed by atoms with Gasteiger partial charge in [0.05, 0.1) is 9.73 Å². The minimum absolute atomic E-state index is 0.688. The standard InChI is InChI=1S/C7H4S3/c8-4-5-2-1-3-6(9)7(5)10/h1-4H. The van der Waals surface area contributed by atoms with Crippen LogP contribution in [0.1, 0.15) is 0 Å². The molecular weight excluding hydrogens is 180 g/mol. The third-order valence-electron chi connectivity index (χ3n) is 1.14. The molecule has 0 aromatic rings. The van der Waals surface area contributed by atoms with E-state index in [-0.39, 0.29) is 0 Å². The SMILES string of the molecule is S=CC1=CC=CC(=S)C1=S. The minimum atomic E-state index is 0.688. The Hall–Kier alpha value is -0.250. The lowest BCUT2D eigenvalue weighted by atomic mass is 10.1. The summed E-state index contributed by atoms with van der Waals surface area (Å²) < 4.78 is 0. The van der Waals surface area contributed by atoms with E-state index in [4.69, 9.17) is 36.7 Å². The first kappa shape index (κ1) is 7.85. The van der Waals surface area contributed by atoms with Crippen LogP contribution >= 0.6 is 36.7 Å². The van der Waals surface area contributed by atoms with Gasteiger partial charge in [-0.1, -0.05) is 48.8 Å². The summed E-state index contributed by atoms with van der Waals surface area (Å²) in [7, 11) is 0. The first-order valence-corrected chi connectivity index (χ1v) is 3.96. The first-order valence-electron chi connectivity index (χ1n) is 2.68. The molecule has 0 spiro atoms. The largest absolute Gasteiger partial charge is 0.0880 e. The summed E-state index contributed by atoms with van der Waals surface area (Å²) in [5.41, 5.74) is 0.873. The van der Waals surface area contributed by atoms with Gasteiger partial charge in [0.1, 0.15) is 0 Å². The van der Waals surface area contributed by atoms with Crippen LogP contribution in [-0.4, -0.2) is 15.1 Å². The molecule has 0 aromatic carbocycles. The molecule has 0 aliphatic heterocycles. The Labute approximate surface area is 75.6 Å². The van der Waals surface area contributed by atoms with Gasteiger partial charge < -0.3 is 0 Å². The van der Waals surface area contributed by atoms with Gasteiger partial charge in [0.2, 0.25) is 0 Å². The van der Waals surface area contributed by atoms with Crippen LogP contribution in [0, 0.1) is 0 Å². The van der Waals surface area contributed by atoms with Gasteiger partial charge >= 0.3 is 0 Å². The van der Waals surface area contributed by atoms with Gasteiger partial charge in [0.15, 0.2) is 0 Å². The summed E-state index contributed by atoms with van der Waals surface area (Å²) in [6, 6.07) is 0. The molecule has 0 radical (unpaired) electrons. The highest BCUT2D eigenvalue weighted by molar-refractivity contribution is 7.90. The van der Waals surface area contributed by atoms with Crippen molar-refractivity contribution in [3.8, 4) is 0 Å². The molecule has 0 saturated heterocycles. The van der Waals surface area contributed by atoms with Gasteiger partial charge in [-0.2, -0.15) is 0 Å². The van der Waals surface area contributed by atoms with Crippen LogP contribution in [0.2, 0.25) is 0 Å². The molecule has 0 atom stereocenters. The molecule has 0 unspecified atom stereocenters. The molecule has 0 N–H and O–H groups in total. The Morgan fingerprint density at radius 3 is 2.50 bits per heavy atom. The van der Waals surface area contributed by atoms with Crippen LogP contribution in [-0.2, 0) is 0 Å². The van der Waals surface area contributed by atoms with Crippen molar-refractivity contribution in [1.29, 1.82) is 0 Å². The van der Waals surface area contributed by atoms with Crippen LogP contribution in [0.25, 0.3) is 0 Å². The van der Waals surface area contributed by atoms with E-state index in [0.29, 0.717) is 9.73 Å². The highest BCUT2D eigenvalue weighted by Gasteiger charge is 2.07. The molecule has 0 saturated carbocycles. The molecule has 0 fully saturated rings. The average molecular weight is 184 g/mol. The van der Waals surface area contributed by atoms with Gasteiger partial charge in [0, 0.05) is 10.9 Å². The number of hydrogen-bond donors (Lipinski definition) is 0. The first-order chi connectivity index (χ1) is 4.75. The molecule has 0 nitrogen and oxygen atoms in total. The number of thiocarbonyl (C=S) groups is 3. The van der Waals surface area contributed by atoms with E-state index in [9.17, 15) is 0 Å². The molecule has 0 amide bonds.